The van der Waals surface area contributed by atoms with E-state index in [1.807, 2.05) is 36.4 Å². The predicted molar refractivity (Wildman–Crippen MR) is 142 cm³/mol. The molecule has 4 rings (SSSR count). The van der Waals surface area contributed by atoms with Crippen LogP contribution in [0.3, 0.4) is 0 Å². The lowest BCUT2D eigenvalue weighted by Crippen LogP contribution is -2.14. The van der Waals surface area contributed by atoms with Crippen LogP contribution in [0.4, 0.5) is 11.4 Å². The first-order chi connectivity index (χ1) is 17.4. The molecule has 0 saturated carbocycles. The topological polar surface area (TPSA) is 109 Å². The van der Waals surface area contributed by atoms with Crippen LogP contribution in [-0.4, -0.2) is 21.6 Å². The van der Waals surface area contributed by atoms with Gasteiger partial charge in [-0.05, 0) is 35.9 Å². The number of benzene rings is 3. The summed E-state index contributed by atoms with van der Waals surface area (Å²) in [7, 11) is 0. The summed E-state index contributed by atoms with van der Waals surface area (Å²) in [6.45, 7) is 0. The van der Waals surface area contributed by atoms with Gasteiger partial charge in [0.1, 0.15) is 11.1 Å². The maximum Gasteiger partial charge on any atom is 0.269 e. The molecule has 36 heavy (non-hydrogen) atoms. The number of nitro groups is 1. The number of hydrogen-bond donors (Lipinski definition) is 1. The summed E-state index contributed by atoms with van der Waals surface area (Å²) in [5, 5.41) is 24.7. The molecule has 1 N–H and O–H groups in total. The van der Waals surface area contributed by atoms with Crippen LogP contribution in [0, 0.1) is 21.4 Å². The molecule has 0 radical (unpaired) electrons. The highest BCUT2D eigenvalue weighted by molar-refractivity contribution is 8.00. The third-order valence-corrected chi connectivity index (χ3v) is 6.81. The second kappa shape index (κ2) is 11.2. The number of amides is 1. The van der Waals surface area contributed by atoms with Gasteiger partial charge in [0.25, 0.3) is 5.69 Å². The zero-order chi connectivity index (χ0) is 25.7. The first kappa shape index (κ1) is 25.2. The second-order valence-electron chi connectivity index (χ2n) is 7.48. The van der Waals surface area contributed by atoms with Crippen LogP contribution in [0.15, 0.2) is 83.9 Å². The minimum absolute atomic E-state index is 0.0300. The molecule has 0 atom stereocenters. The standard InChI is InChI=1S/C26H16Cl2N4O3S/c27-22-11-6-17(12-23(22)28)20-13-24(16-4-2-1-3-5-16)31-26(21(20)14-29)36-15-25(33)30-18-7-9-19(10-8-18)32(34)35/h1-13H,15H2,(H,30,33). The lowest BCUT2D eigenvalue weighted by atomic mass is 9.99. The number of rotatable bonds is 7. The number of aromatic nitrogens is 1. The molecule has 0 spiro atoms. The molecule has 178 valence electrons. The number of hydrogen-bond acceptors (Lipinski definition) is 6. The predicted octanol–water partition coefficient (Wildman–Crippen LogP) is 7.23. The van der Waals surface area contributed by atoms with Crippen molar-refractivity contribution in [3.05, 3.63) is 105 Å². The normalized spacial score (nSPS) is 10.5. The third-order valence-electron chi connectivity index (χ3n) is 5.10. The number of thioether (sulfide) groups is 1. The summed E-state index contributed by atoms with van der Waals surface area (Å²) in [5.41, 5.74) is 3.45. The summed E-state index contributed by atoms with van der Waals surface area (Å²) in [5.74, 6) is -0.377. The number of nitrogens with one attached hydrogen (secondary N) is 1. The van der Waals surface area contributed by atoms with Gasteiger partial charge in [-0.3, -0.25) is 14.9 Å². The van der Waals surface area contributed by atoms with Crippen molar-refractivity contribution >= 4 is 52.2 Å². The molecule has 0 aliphatic carbocycles. The van der Waals surface area contributed by atoms with E-state index in [1.165, 1.54) is 24.3 Å². The molecule has 1 amide bonds. The monoisotopic (exact) mass is 534 g/mol. The molecule has 1 aromatic heterocycles. The van der Waals surface area contributed by atoms with Gasteiger partial charge in [-0.1, -0.05) is 71.4 Å². The fraction of sp³-hybridized carbons (Fsp3) is 0.0385. The molecular formula is C26H16Cl2N4O3S. The minimum Gasteiger partial charge on any atom is -0.325 e. The van der Waals surface area contributed by atoms with Crippen molar-refractivity contribution < 1.29 is 9.72 Å². The SMILES string of the molecule is N#Cc1c(-c2ccc(Cl)c(Cl)c2)cc(-c2ccccc2)nc1SCC(=O)Nc1ccc([N+](=O)[O-])cc1. The first-order valence-electron chi connectivity index (χ1n) is 10.5. The van der Waals surface area contributed by atoms with Gasteiger partial charge in [-0.15, -0.1) is 0 Å². The van der Waals surface area contributed by atoms with E-state index in [1.54, 1.807) is 18.2 Å². The van der Waals surface area contributed by atoms with E-state index < -0.39 is 4.92 Å². The molecule has 0 bridgehead atoms. The Hall–Kier alpha value is -3.90. The Morgan fingerprint density at radius 1 is 1.00 bits per heavy atom. The number of nitro benzene ring substituents is 1. The molecule has 0 saturated heterocycles. The van der Waals surface area contributed by atoms with Gasteiger partial charge in [0.15, 0.2) is 0 Å². The van der Waals surface area contributed by atoms with E-state index >= 15 is 0 Å². The van der Waals surface area contributed by atoms with E-state index in [0.717, 1.165) is 17.3 Å². The van der Waals surface area contributed by atoms with Crippen LogP contribution in [0.2, 0.25) is 10.0 Å². The highest BCUT2D eigenvalue weighted by Crippen LogP contribution is 2.36. The molecule has 3 aromatic carbocycles. The number of halogens is 2. The molecule has 10 heteroatoms. The van der Waals surface area contributed by atoms with Crippen molar-refractivity contribution in [1.29, 1.82) is 5.26 Å². The number of nitriles is 1. The fourth-order valence-corrected chi connectivity index (χ4v) is 4.48. The van der Waals surface area contributed by atoms with E-state index in [0.29, 0.717) is 43.1 Å². The van der Waals surface area contributed by atoms with Gasteiger partial charge in [0.05, 0.1) is 32.0 Å². The van der Waals surface area contributed by atoms with Crippen molar-refractivity contribution in [3.8, 4) is 28.5 Å². The van der Waals surface area contributed by atoms with E-state index in [2.05, 4.69) is 16.4 Å². The largest absolute Gasteiger partial charge is 0.325 e. The van der Waals surface area contributed by atoms with Crippen molar-refractivity contribution in [1.82, 2.24) is 4.98 Å². The van der Waals surface area contributed by atoms with Crippen molar-refractivity contribution in [2.45, 2.75) is 5.03 Å². The van der Waals surface area contributed by atoms with Crippen LogP contribution in [0.25, 0.3) is 22.4 Å². The van der Waals surface area contributed by atoms with Crippen molar-refractivity contribution in [2.24, 2.45) is 0 Å². The molecule has 7 nitrogen and oxygen atoms in total. The summed E-state index contributed by atoms with van der Waals surface area (Å²) in [6, 6.07) is 24.2. The van der Waals surface area contributed by atoms with Gasteiger partial charge >= 0.3 is 0 Å². The van der Waals surface area contributed by atoms with E-state index in [9.17, 15) is 20.2 Å². The average Bonchev–Trinajstić information content (AvgIpc) is 2.89. The zero-order valence-electron chi connectivity index (χ0n) is 18.4. The van der Waals surface area contributed by atoms with Gasteiger partial charge < -0.3 is 5.32 Å². The average molecular weight is 535 g/mol. The summed E-state index contributed by atoms with van der Waals surface area (Å²) >= 11 is 13.4. The smallest absolute Gasteiger partial charge is 0.269 e. The zero-order valence-corrected chi connectivity index (χ0v) is 20.8. The Kier molecular flexibility index (Phi) is 7.86. The molecule has 0 aliphatic rings. The Morgan fingerprint density at radius 3 is 2.36 bits per heavy atom. The van der Waals surface area contributed by atoms with Gasteiger partial charge in [-0.2, -0.15) is 5.26 Å². The Morgan fingerprint density at radius 2 is 1.72 bits per heavy atom. The lowest BCUT2D eigenvalue weighted by molar-refractivity contribution is -0.384. The van der Waals surface area contributed by atoms with Gasteiger partial charge in [0.2, 0.25) is 5.91 Å². The number of carbonyl (C=O) groups is 1. The van der Waals surface area contributed by atoms with Crippen LogP contribution >= 0.6 is 35.0 Å². The number of anilines is 1. The quantitative estimate of drug-likeness (QED) is 0.152. The molecule has 4 aromatic rings. The highest BCUT2D eigenvalue weighted by Gasteiger charge is 2.18. The molecule has 0 aliphatic heterocycles. The Bertz CT molecular complexity index is 1490. The summed E-state index contributed by atoms with van der Waals surface area (Å²) in [6.07, 6.45) is 0. The summed E-state index contributed by atoms with van der Waals surface area (Å²) < 4.78 is 0. The van der Waals surface area contributed by atoms with Crippen molar-refractivity contribution in [3.63, 3.8) is 0 Å². The Balaban J connectivity index is 1.65. The highest BCUT2D eigenvalue weighted by atomic mass is 35.5. The molecular weight excluding hydrogens is 519 g/mol. The Labute approximate surface area is 220 Å². The van der Waals surface area contributed by atoms with Crippen LogP contribution in [0.5, 0.6) is 0 Å². The fourth-order valence-electron chi connectivity index (χ4n) is 3.38. The molecule has 0 fully saturated rings. The van der Waals surface area contributed by atoms with Crippen molar-refractivity contribution in [2.75, 3.05) is 11.1 Å². The van der Waals surface area contributed by atoms with Crippen LogP contribution in [-0.2, 0) is 4.79 Å². The third kappa shape index (κ3) is 5.83. The summed E-state index contributed by atoms with van der Waals surface area (Å²) in [4.78, 5) is 27.6. The maximum absolute atomic E-state index is 12.6. The number of pyridine rings is 1. The van der Waals surface area contributed by atoms with Crippen LogP contribution < -0.4 is 5.32 Å². The molecule has 1 heterocycles. The number of non-ortho nitro benzene ring substituents is 1. The number of nitrogens with zero attached hydrogens (tertiary/aromatic N) is 3. The first-order valence-corrected chi connectivity index (χ1v) is 12.2. The maximum atomic E-state index is 12.6. The molecule has 0 unspecified atom stereocenters. The second-order valence-corrected chi connectivity index (χ2v) is 9.26. The number of carbonyl (C=O) groups excluding carboxylic acids is 1. The lowest BCUT2D eigenvalue weighted by Gasteiger charge is -2.13. The van der Waals surface area contributed by atoms with E-state index in [-0.39, 0.29) is 17.3 Å². The van der Waals surface area contributed by atoms with Gasteiger partial charge in [0, 0.05) is 28.9 Å². The van der Waals surface area contributed by atoms with Gasteiger partial charge in [-0.25, -0.2) is 4.98 Å². The minimum atomic E-state index is -0.512. The van der Waals surface area contributed by atoms with Crippen LogP contribution in [0.1, 0.15) is 5.56 Å². The van der Waals surface area contributed by atoms with E-state index in [4.69, 9.17) is 23.2 Å².